The number of hydrogen-bond donors (Lipinski definition) is 2. The van der Waals surface area contributed by atoms with Crippen LogP contribution >= 0.6 is 11.8 Å². The molecular weight excluding hydrogens is 266 g/mol. The monoisotopic (exact) mass is 287 g/mol. The van der Waals surface area contributed by atoms with Gasteiger partial charge in [-0.3, -0.25) is 0 Å². The molecule has 0 spiro atoms. The van der Waals surface area contributed by atoms with Crippen molar-refractivity contribution in [2.75, 3.05) is 6.54 Å². The van der Waals surface area contributed by atoms with Gasteiger partial charge in [0.15, 0.2) is 0 Å². The van der Waals surface area contributed by atoms with E-state index in [1.165, 1.54) is 16.0 Å². The van der Waals surface area contributed by atoms with Crippen molar-refractivity contribution in [1.29, 1.82) is 0 Å². The summed E-state index contributed by atoms with van der Waals surface area (Å²) < 4.78 is 0. The number of thioether (sulfide) groups is 1. The van der Waals surface area contributed by atoms with Crippen molar-refractivity contribution in [3.63, 3.8) is 0 Å². The van der Waals surface area contributed by atoms with E-state index in [9.17, 15) is 0 Å². The van der Waals surface area contributed by atoms with Crippen LogP contribution in [-0.2, 0) is 18.9 Å². The fraction of sp³-hybridized carbons (Fsp3) is 0.294. The molecule has 2 aromatic rings. The van der Waals surface area contributed by atoms with Gasteiger partial charge in [-0.2, -0.15) is 0 Å². The standard InChI is InChI=1S/C17H21NOS/c1-2-18-11-14-7-9-17(10-8-14)20-13-16-5-3-15(12-19)4-6-16/h3-10,18-19H,2,11-13H2,1H3. The zero-order valence-corrected chi connectivity index (χ0v) is 12.6. The van der Waals surface area contributed by atoms with E-state index < -0.39 is 0 Å². The molecule has 0 fully saturated rings. The largest absolute Gasteiger partial charge is 0.392 e. The van der Waals surface area contributed by atoms with Gasteiger partial charge in [0.2, 0.25) is 0 Å². The molecule has 0 radical (unpaired) electrons. The molecule has 0 aliphatic rings. The summed E-state index contributed by atoms with van der Waals surface area (Å²) in [6.07, 6.45) is 0. The number of benzene rings is 2. The molecule has 106 valence electrons. The fourth-order valence-corrected chi connectivity index (χ4v) is 2.73. The van der Waals surface area contributed by atoms with Gasteiger partial charge in [0.05, 0.1) is 6.61 Å². The second-order valence-electron chi connectivity index (χ2n) is 4.69. The van der Waals surface area contributed by atoms with Gasteiger partial charge in [0.1, 0.15) is 0 Å². The molecule has 2 rings (SSSR count). The summed E-state index contributed by atoms with van der Waals surface area (Å²) in [6.45, 7) is 4.16. The number of aliphatic hydroxyl groups is 1. The molecule has 0 bridgehead atoms. The molecule has 3 heteroatoms. The van der Waals surface area contributed by atoms with Gasteiger partial charge >= 0.3 is 0 Å². The molecule has 0 amide bonds. The lowest BCUT2D eigenvalue weighted by Crippen LogP contribution is -2.11. The first-order valence-electron chi connectivity index (χ1n) is 6.93. The first kappa shape index (κ1) is 15.1. The number of rotatable bonds is 7. The van der Waals surface area contributed by atoms with Crippen molar-refractivity contribution in [3.8, 4) is 0 Å². The predicted octanol–water partition coefficient (Wildman–Crippen LogP) is 3.58. The molecule has 0 atom stereocenters. The second-order valence-corrected chi connectivity index (χ2v) is 5.74. The van der Waals surface area contributed by atoms with Crippen LogP contribution < -0.4 is 5.32 Å². The summed E-state index contributed by atoms with van der Waals surface area (Å²) >= 11 is 1.84. The second kappa shape index (κ2) is 8.10. The Kier molecular flexibility index (Phi) is 6.12. The van der Waals surface area contributed by atoms with E-state index in [0.717, 1.165) is 24.4 Å². The minimum absolute atomic E-state index is 0.112. The summed E-state index contributed by atoms with van der Waals surface area (Å²) in [6, 6.07) is 16.8. The third kappa shape index (κ3) is 4.67. The maximum absolute atomic E-state index is 9.01. The average molecular weight is 287 g/mol. The molecule has 2 N–H and O–H groups in total. The van der Waals surface area contributed by atoms with Crippen LogP contribution in [0, 0.1) is 0 Å². The number of hydrogen-bond acceptors (Lipinski definition) is 3. The van der Waals surface area contributed by atoms with Crippen LogP contribution in [0.25, 0.3) is 0 Å². The number of nitrogens with one attached hydrogen (secondary N) is 1. The summed E-state index contributed by atoms with van der Waals surface area (Å²) in [5, 5.41) is 12.3. The summed E-state index contributed by atoms with van der Waals surface area (Å²) in [4.78, 5) is 1.29. The predicted molar refractivity (Wildman–Crippen MR) is 85.7 cm³/mol. The maximum atomic E-state index is 9.01. The highest BCUT2D eigenvalue weighted by Crippen LogP contribution is 2.23. The third-order valence-electron chi connectivity index (χ3n) is 3.11. The summed E-state index contributed by atoms with van der Waals surface area (Å²) in [7, 11) is 0. The molecule has 2 aromatic carbocycles. The molecule has 0 heterocycles. The molecule has 0 saturated heterocycles. The Morgan fingerprint density at radius 2 is 1.50 bits per heavy atom. The van der Waals surface area contributed by atoms with E-state index in [0.29, 0.717) is 0 Å². The van der Waals surface area contributed by atoms with Gasteiger partial charge < -0.3 is 10.4 Å². The lowest BCUT2D eigenvalue weighted by atomic mass is 10.2. The van der Waals surface area contributed by atoms with E-state index in [1.54, 1.807) is 0 Å². The van der Waals surface area contributed by atoms with Crippen molar-refractivity contribution < 1.29 is 5.11 Å². The van der Waals surface area contributed by atoms with Crippen LogP contribution in [0.2, 0.25) is 0 Å². The summed E-state index contributed by atoms with van der Waals surface area (Å²) in [5.74, 6) is 0.957. The quantitative estimate of drug-likeness (QED) is 0.763. The Morgan fingerprint density at radius 1 is 0.900 bits per heavy atom. The highest BCUT2D eigenvalue weighted by Gasteiger charge is 1.98. The fourth-order valence-electron chi connectivity index (χ4n) is 1.88. The third-order valence-corrected chi connectivity index (χ3v) is 4.20. The Bertz CT molecular complexity index is 508. The molecule has 2 nitrogen and oxygen atoms in total. The van der Waals surface area contributed by atoms with E-state index >= 15 is 0 Å². The van der Waals surface area contributed by atoms with Gasteiger partial charge in [-0.1, -0.05) is 43.3 Å². The first-order valence-corrected chi connectivity index (χ1v) is 7.91. The highest BCUT2D eigenvalue weighted by atomic mass is 32.2. The molecule has 0 unspecified atom stereocenters. The van der Waals surface area contributed by atoms with Gasteiger partial charge in [-0.15, -0.1) is 11.8 Å². The smallest absolute Gasteiger partial charge is 0.0681 e. The van der Waals surface area contributed by atoms with Crippen molar-refractivity contribution in [1.82, 2.24) is 5.32 Å². The SMILES string of the molecule is CCNCc1ccc(SCc2ccc(CO)cc2)cc1. The van der Waals surface area contributed by atoms with Gasteiger partial charge in [-0.25, -0.2) is 0 Å². The lowest BCUT2D eigenvalue weighted by molar-refractivity contribution is 0.282. The van der Waals surface area contributed by atoms with Crippen LogP contribution in [0.1, 0.15) is 23.6 Å². The summed E-state index contributed by atoms with van der Waals surface area (Å²) in [5.41, 5.74) is 3.57. The van der Waals surface area contributed by atoms with Gasteiger partial charge in [0.25, 0.3) is 0 Å². The lowest BCUT2D eigenvalue weighted by Gasteiger charge is -2.05. The molecule has 20 heavy (non-hydrogen) atoms. The van der Waals surface area contributed by atoms with Crippen LogP contribution in [0.15, 0.2) is 53.4 Å². The van der Waals surface area contributed by atoms with Crippen molar-refractivity contribution >= 4 is 11.8 Å². The Hall–Kier alpha value is -1.29. The van der Waals surface area contributed by atoms with Crippen molar-refractivity contribution in [2.24, 2.45) is 0 Å². The minimum Gasteiger partial charge on any atom is -0.392 e. The molecule has 0 aliphatic heterocycles. The Balaban J connectivity index is 1.86. The van der Waals surface area contributed by atoms with E-state index in [-0.39, 0.29) is 6.61 Å². The van der Waals surface area contributed by atoms with Crippen LogP contribution in [-0.4, -0.2) is 11.7 Å². The number of aliphatic hydroxyl groups excluding tert-OH is 1. The van der Waals surface area contributed by atoms with Crippen molar-refractivity contribution in [3.05, 3.63) is 65.2 Å². The zero-order chi connectivity index (χ0) is 14.2. The van der Waals surface area contributed by atoms with Crippen molar-refractivity contribution in [2.45, 2.75) is 30.7 Å². The van der Waals surface area contributed by atoms with E-state index in [2.05, 4.69) is 48.6 Å². The van der Waals surface area contributed by atoms with Gasteiger partial charge in [0, 0.05) is 17.2 Å². The normalized spacial score (nSPS) is 10.7. The zero-order valence-electron chi connectivity index (χ0n) is 11.8. The van der Waals surface area contributed by atoms with E-state index in [4.69, 9.17) is 5.11 Å². The van der Waals surface area contributed by atoms with Crippen LogP contribution in [0.4, 0.5) is 0 Å². The first-order chi connectivity index (χ1) is 9.81. The maximum Gasteiger partial charge on any atom is 0.0681 e. The molecule has 0 saturated carbocycles. The van der Waals surface area contributed by atoms with E-state index in [1.807, 2.05) is 23.9 Å². The van der Waals surface area contributed by atoms with Crippen LogP contribution in [0.3, 0.4) is 0 Å². The van der Waals surface area contributed by atoms with Gasteiger partial charge in [-0.05, 0) is 35.4 Å². The Morgan fingerprint density at radius 3 is 2.10 bits per heavy atom. The Labute approximate surface area is 125 Å². The average Bonchev–Trinajstić information content (AvgIpc) is 2.52. The minimum atomic E-state index is 0.112. The van der Waals surface area contributed by atoms with Crippen LogP contribution in [0.5, 0.6) is 0 Å². The highest BCUT2D eigenvalue weighted by molar-refractivity contribution is 7.98. The molecule has 0 aliphatic carbocycles. The molecular formula is C17H21NOS. The topological polar surface area (TPSA) is 32.3 Å². The molecule has 0 aromatic heterocycles.